The van der Waals surface area contributed by atoms with Crippen molar-refractivity contribution in [2.45, 2.75) is 87.5 Å². The minimum atomic E-state index is -4.96. The maximum absolute atomic E-state index is 14.3. The summed E-state index contributed by atoms with van der Waals surface area (Å²) >= 11 is 0. The van der Waals surface area contributed by atoms with E-state index < -0.39 is 38.2 Å². The van der Waals surface area contributed by atoms with Gasteiger partial charge in [-0.3, -0.25) is 28.8 Å². The first-order valence-corrected chi connectivity index (χ1v) is 32.1. The molecule has 5 heterocycles. The van der Waals surface area contributed by atoms with E-state index in [-0.39, 0.29) is 68.7 Å². The molecule has 3 amide bonds. The third-order valence-corrected chi connectivity index (χ3v) is 19.7. The van der Waals surface area contributed by atoms with E-state index >= 15 is 0 Å². The molecule has 3 N–H and O–H groups in total. The average Bonchev–Trinajstić information content (AvgIpc) is 1.77. The van der Waals surface area contributed by atoms with Crippen LogP contribution in [0, 0.1) is 0 Å². The molecule has 5 aliphatic heterocycles. The van der Waals surface area contributed by atoms with Crippen LogP contribution in [0.4, 0.5) is 28.4 Å². The average molecular weight is 1240 g/mol. The van der Waals surface area contributed by atoms with Crippen LogP contribution in [0.3, 0.4) is 0 Å². The number of hydroxylamine groups is 2. The summed E-state index contributed by atoms with van der Waals surface area (Å²) in [6.07, 6.45) is 1.31. The lowest BCUT2D eigenvalue weighted by Crippen LogP contribution is -2.41. The third-order valence-electron chi connectivity index (χ3n) is 15.2. The fourth-order valence-corrected chi connectivity index (χ4v) is 14.5. The van der Waals surface area contributed by atoms with Crippen LogP contribution >= 0.6 is 21.6 Å². The van der Waals surface area contributed by atoms with Crippen molar-refractivity contribution in [1.29, 1.82) is 0 Å². The normalized spacial score (nSPS) is 18.0. The highest BCUT2D eigenvalue weighted by Crippen LogP contribution is 2.44. The summed E-state index contributed by atoms with van der Waals surface area (Å²) in [4.78, 5) is 69.4. The number of amides is 3. The Morgan fingerprint density at radius 3 is 2.08 bits per heavy atom. The summed E-state index contributed by atoms with van der Waals surface area (Å²) < 4.78 is 76.4. The predicted molar refractivity (Wildman–Crippen MR) is 327 cm³/mol. The number of ether oxygens (including phenoxy) is 7. The van der Waals surface area contributed by atoms with Gasteiger partial charge in [-0.1, -0.05) is 58.0 Å². The fraction of sp³-hybridized carbons (Fsp3) is 0.426. The lowest BCUT2D eigenvalue weighted by Gasteiger charge is -2.34. The molecular formula is C61H70N6O16S3. The second-order valence-corrected chi connectivity index (χ2v) is 26.5. The molecule has 458 valence electrons. The maximum Gasteiger partial charge on any atom is 0.353 e. The number of benzene rings is 5. The predicted octanol–water partition coefficient (Wildman–Crippen LogP) is 7.84. The number of carbonyl (C=O) groups excluding carboxylic acids is 4. The van der Waals surface area contributed by atoms with Crippen LogP contribution in [0.5, 0.6) is 23.0 Å². The maximum atomic E-state index is 14.3. The number of aliphatic hydroxyl groups excluding tert-OH is 1. The van der Waals surface area contributed by atoms with Crippen LogP contribution in [-0.4, -0.2) is 161 Å². The van der Waals surface area contributed by atoms with E-state index in [0.717, 1.165) is 45.7 Å². The molecule has 5 aromatic carbocycles. The fourth-order valence-electron chi connectivity index (χ4n) is 11.1. The van der Waals surface area contributed by atoms with Crippen LogP contribution in [-0.2, 0) is 64.8 Å². The lowest BCUT2D eigenvalue weighted by molar-refractivity contribution is -0.220. The van der Waals surface area contributed by atoms with Crippen LogP contribution in [0.25, 0.3) is 0 Å². The van der Waals surface area contributed by atoms with Gasteiger partial charge in [-0.25, -0.2) is 4.79 Å². The van der Waals surface area contributed by atoms with Crippen LogP contribution in [0.15, 0.2) is 96.0 Å². The first-order chi connectivity index (χ1) is 41.4. The Morgan fingerprint density at radius 2 is 1.42 bits per heavy atom. The standard InChI is InChI=1S/C61H70N6O16S3/c1-61(2,85-84-23-16-55(86(73,74)75)60(72)83-67-56(68)14-15-57(67)69)37-64(17-18-79-21-22-80-20-19-76-3)42-25-38(35-81-53-31-47-45(29-51(53)77-4)58(70)65-43(33-62-47)27-40-10-6-8-12-49(40)65)24-39(26-42)36-82-54-32-48-46(30-52(54)78-5)59(71)66-44(34-63-48)28-41-11-7-9-13-50(41)66/h6-13,24-26,29-33,43-44,55-56,63,68H,14-23,27-28,34-37H2,1-5H3,(H,73,74,75)/t43-,44-,55?,56?/m0/s1. The molecule has 22 nitrogen and oxygen atoms in total. The Labute approximate surface area is 507 Å². The van der Waals surface area contributed by atoms with E-state index in [1.165, 1.54) is 35.8 Å². The van der Waals surface area contributed by atoms with Gasteiger partial charge >= 0.3 is 5.97 Å². The Balaban J connectivity index is 0.923. The number of fused-ring (bicyclic) bond motifs is 8. The SMILES string of the molecule is COCCOCCOCCN(CC(C)(C)SSCCC(C(=O)ON1C(=O)CCC1O)S(=O)(=O)O)c1cc(COc2cc3c(cc2OC)C(=O)N2c4ccccc4C[C@H]2C=N3)cc(COc2cc3c(cc2OC)C(=O)N2c4ccccc4C[C@H]2CN3)c1. The van der Waals surface area contributed by atoms with Gasteiger partial charge in [0.15, 0.2) is 34.5 Å². The van der Waals surface area contributed by atoms with Crippen molar-refractivity contribution >= 4 is 90.0 Å². The summed E-state index contributed by atoms with van der Waals surface area (Å²) in [5.74, 6) is -0.844. The first kappa shape index (κ1) is 62.0. The number of aliphatic imine (C=N–C) groups is 1. The topological polar surface area (TPSA) is 254 Å². The number of methoxy groups -OCH3 is 3. The first-order valence-electron chi connectivity index (χ1n) is 28.2. The Bertz CT molecular complexity index is 3480. The number of rotatable bonds is 28. The van der Waals surface area contributed by atoms with Gasteiger partial charge in [-0.15, -0.1) is 5.06 Å². The summed E-state index contributed by atoms with van der Waals surface area (Å²) in [6, 6.07) is 28.3. The number of aliphatic hydroxyl groups is 1. The van der Waals surface area contributed by atoms with Crippen molar-refractivity contribution in [1.82, 2.24) is 5.06 Å². The second kappa shape index (κ2) is 27.3. The third kappa shape index (κ3) is 14.2. The highest BCUT2D eigenvalue weighted by molar-refractivity contribution is 8.77. The summed E-state index contributed by atoms with van der Waals surface area (Å²) in [7, 11) is 2.41. The number of para-hydroxylation sites is 2. The van der Waals surface area contributed by atoms with Crippen LogP contribution < -0.4 is 39.0 Å². The molecular weight excluding hydrogens is 1170 g/mol. The Hall–Kier alpha value is -7.10. The molecule has 0 radical (unpaired) electrons. The van der Waals surface area contributed by atoms with Crippen molar-refractivity contribution in [3.63, 3.8) is 0 Å². The molecule has 0 spiro atoms. The Kier molecular flexibility index (Phi) is 19.7. The van der Waals surface area contributed by atoms with E-state index in [1.54, 1.807) is 42.5 Å². The second-order valence-electron chi connectivity index (χ2n) is 21.8. The zero-order valence-electron chi connectivity index (χ0n) is 48.4. The minimum absolute atomic E-state index is 0.00673. The molecule has 4 atom stereocenters. The molecule has 0 saturated carbocycles. The largest absolute Gasteiger partial charge is 0.493 e. The smallest absolute Gasteiger partial charge is 0.353 e. The lowest BCUT2D eigenvalue weighted by atomic mass is 10.1. The quantitative estimate of drug-likeness (QED) is 0.0245. The monoisotopic (exact) mass is 1240 g/mol. The molecule has 5 aliphatic rings. The molecule has 10 rings (SSSR count). The van der Waals surface area contributed by atoms with Gasteiger partial charge in [0.25, 0.3) is 27.8 Å². The number of carbonyl (C=O) groups is 4. The summed E-state index contributed by atoms with van der Waals surface area (Å²) in [6.45, 7) is 7.24. The molecule has 86 heavy (non-hydrogen) atoms. The van der Waals surface area contributed by atoms with Crippen molar-refractivity contribution in [2.24, 2.45) is 4.99 Å². The highest BCUT2D eigenvalue weighted by Gasteiger charge is 2.41. The highest BCUT2D eigenvalue weighted by atomic mass is 33.1. The molecule has 0 bridgehead atoms. The number of hydrogen-bond donors (Lipinski definition) is 3. The van der Waals surface area contributed by atoms with Crippen molar-refractivity contribution in [3.8, 4) is 23.0 Å². The van der Waals surface area contributed by atoms with Gasteiger partial charge in [0.2, 0.25) is 0 Å². The van der Waals surface area contributed by atoms with Crippen molar-refractivity contribution in [2.75, 3.05) is 99.8 Å². The molecule has 0 aliphatic carbocycles. The number of hydrogen-bond acceptors (Lipinski definition) is 20. The van der Waals surface area contributed by atoms with Gasteiger partial charge in [0.1, 0.15) is 13.2 Å². The van der Waals surface area contributed by atoms with E-state index in [1.807, 2.05) is 79.4 Å². The van der Waals surface area contributed by atoms with E-state index in [4.69, 9.17) is 43.0 Å². The van der Waals surface area contributed by atoms with E-state index in [0.29, 0.717) is 103 Å². The van der Waals surface area contributed by atoms with Gasteiger partial charge in [-0.2, -0.15) is 8.42 Å². The molecule has 2 unspecified atom stereocenters. The number of nitrogens with zero attached hydrogens (tertiary/aromatic N) is 5. The number of anilines is 4. The summed E-state index contributed by atoms with van der Waals surface area (Å²) in [5, 5.41) is 12.1. The zero-order valence-corrected chi connectivity index (χ0v) is 50.9. The van der Waals surface area contributed by atoms with Crippen molar-refractivity contribution < 1.29 is 75.3 Å². The van der Waals surface area contributed by atoms with Crippen LogP contribution in [0.1, 0.15) is 76.1 Å². The van der Waals surface area contributed by atoms with E-state index in [9.17, 15) is 37.3 Å². The minimum Gasteiger partial charge on any atom is -0.493 e. The van der Waals surface area contributed by atoms with Gasteiger partial charge < -0.3 is 58.2 Å². The van der Waals surface area contributed by atoms with E-state index in [2.05, 4.69) is 16.3 Å². The van der Waals surface area contributed by atoms with Gasteiger partial charge in [-0.05, 0) is 91.4 Å². The molecule has 0 aromatic heterocycles. The molecule has 1 fully saturated rings. The van der Waals surface area contributed by atoms with Crippen LogP contribution in [0.2, 0.25) is 0 Å². The molecule has 5 aromatic rings. The molecule has 1 saturated heterocycles. The van der Waals surface area contributed by atoms with Gasteiger partial charge in [0, 0.05) is 91.9 Å². The van der Waals surface area contributed by atoms with Crippen molar-refractivity contribution in [3.05, 3.63) is 124 Å². The zero-order chi connectivity index (χ0) is 60.7. The van der Waals surface area contributed by atoms with Gasteiger partial charge in [0.05, 0.1) is 81.8 Å². The molecule has 25 heteroatoms. The number of nitrogens with one attached hydrogen (secondary N) is 1. The Morgan fingerprint density at radius 1 is 0.791 bits per heavy atom. The summed E-state index contributed by atoms with van der Waals surface area (Å²) in [5.41, 5.74) is 8.06.